The monoisotopic (exact) mass is 565 g/mol. The number of thioether (sulfide) groups is 1. The molecule has 4 aliphatic heterocycles. The van der Waals surface area contributed by atoms with E-state index in [1.54, 1.807) is 23.1 Å². The minimum atomic E-state index is -0.344. The summed E-state index contributed by atoms with van der Waals surface area (Å²) in [5.41, 5.74) is 3.91. The molecule has 11 heteroatoms. The quantitative estimate of drug-likeness (QED) is 0.462. The van der Waals surface area contributed by atoms with Crippen LogP contribution in [0.5, 0.6) is 0 Å². The predicted octanol–water partition coefficient (Wildman–Crippen LogP) is 3.46. The van der Waals surface area contributed by atoms with Gasteiger partial charge in [-0.2, -0.15) is 0 Å². The van der Waals surface area contributed by atoms with E-state index in [0.29, 0.717) is 23.1 Å². The van der Waals surface area contributed by atoms with Gasteiger partial charge in [-0.25, -0.2) is 10.2 Å². The average molecular weight is 566 g/mol. The van der Waals surface area contributed by atoms with Crippen LogP contribution in [0, 0.1) is 5.21 Å². The molecule has 3 N–H and O–H groups in total. The zero-order valence-corrected chi connectivity index (χ0v) is 24.2. The SMILES string of the molecule is CC1CC(C2(C)NC([NH+]([O-])N3CCC[C@@H]3c3cccc(C(=O)Nc4nc5c(s4)CN(C)CC5)c3)=CS2)=CC=N1. The summed E-state index contributed by atoms with van der Waals surface area (Å²) >= 11 is 3.21. The van der Waals surface area contributed by atoms with E-state index in [-0.39, 0.29) is 28.0 Å². The molecule has 2 aromatic rings. The molecule has 9 nitrogen and oxygen atoms in total. The number of quaternary nitrogens is 1. The van der Waals surface area contributed by atoms with Crippen molar-refractivity contribution in [2.75, 3.05) is 25.5 Å². The zero-order chi connectivity index (χ0) is 27.1. The molecule has 1 aromatic carbocycles. The number of aromatic nitrogens is 1. The Labute approximate surface area is 237 Å². The number of hydrogen-bond donors (Lipinski definition) is 3. The lowest BCUT2D eigenvalue weighted by Gasteiger charge is -2.37. The lowest BCUT2D eigenvalue weighted by atomic mass is 9.98. The van der Waals surface area contributed by atoms with Crippen molar-refractivity contribution in [3.8, 4) is 0 Å². The van der Waals surface area contributed by atoms with Gasteiger partial charge < -0.3 is 15.4 Å². The number of dihydropyridines is 1. The fraction of sp³-hybridized carbons (Fsp3) is 0.464. The maximum absolute atomic E-state index is 13.7. The molecule has 5 heterocycles. The number of anilines is 1. The van der Waals surface area contributed by atoms with Crippen molar-refractivity contribution in [3.63, 3.8) is 0 Å². The topological polar surface area (TPSA) is 100 Å². The fourth-order valence-corrected chi connectivity index (χ4v) is 7.84. The molecule has 39 heavy (non-hydrogen) atoms. The number of carbonyl (C=O) groups excluding carboxylic acids is 1. The Morgan fingerprint density at radius 3 is 3.05 bits per heavy atom. The Hall–Kier alpha value is -2.54. The van der Waals surface area contributed by atoms with Crippen LogP contribution in [0.25, 0.3) is 0 Å². The van der Waals surface area contributed by atoms with E-state index in [9.17, 15) is 10.0 Å². The first-order valence-electron chi connectivity index (χ1n) is 13.6. The molecule has 0 bridgehead atoms. The van der Waals surface area contributed by atoms with E-state index in [1.165, 1.54) is 10.5 Å². The first kappa shape index (κ1) is 26.7. The van der Waals surface area contributed by atoms with Gasteiger partial charge in [0.25, 0.3) is 5.91 Å². The summed E-state index contributed by atoms with van der Waals surface area (Å²) in [6, 6.07) is 7.87. The van der Waals surface area contributed by atoms with Gasteiger partial charge >= 0.3 is 0 Å². The molecule has 0 aliphatic carbocycles. The maximum atomic E-state index is 13.7. The molecule has 206 valence electrons. The normalized spacial score (nSPS) is 28.0. The summed E-state index contributed by atoms with van der Waals surface area (Å²) in [6.07, 6.45) is 7.54. The number of rotatable bonds is 6. The number of aliphatic imine (C=N–C) groups is 1. The summed E-state index contributed by atoms with van der Waals surface area (Å²) in [5, 5.41) is 24.8. The van der Waals surface area contributed by atoms with E-state index in [2.05, 4.69) is 52.5 Å². The molecule has 4 aliphatic rings. The van der Waals surface area contributed by atoms with Gasteiger partial charge in [-0.3, -0.25) is 15.1 Å². The third kappa shape index (κ3) is 5.44. The van der Waals surface area contributed by atoms with Crippen LogP contribution >= 0.6 is 23.1 Å². The van der Waals surface area contributed by atoms with E-state index in [1.807, 2.05) is 40.9 Å². The molecule has 0 saturated carbocycles. The number of allylic oxidation sites excluding steroid dienone is 1. The number of likely N-dealkylation sites (N-methyl/N-ethyl adjacent to an activating group) is 1. The first-order valence-corrected chi connectivity index (χ1v) is 15.3. The largest absolute Gasteiger partial charge is 0.607 e. The molecule has 6 rings (SSSR count). The van der Waals surface area contributed by atoms with Crippen molar-refractivity contribution in [2.45, 2.75) is 63.0 Å². The van der Waals surface area contributed by atoms with Gasteiger partial charge in [0.05, 0.1) is 23.2 Å². The molecular weight excluding hydrogens is 530 g/mol. The summed E-state index contributed by atoms with van der Waals surface area (Å²) in [6.45, 7) is 6.80. The van der Waals surface area contributed by atoms with Crippen LogP contribution in [0.4, 0.5) is 5.13 Å². The van der Waals surface area contributed by atoms with Crippen LogP contribution in [-0.2, 0) is 13.0 Å². The number of fused-ring (bicyclic) bond motifs is 1. The predicted molar refractivity (Wildman–Crippen MR) is 157 cm³/mol. The van der Waals surface area contributed by atoms with Gasteiger partial charge in [-0.05, 0) is 69.5 Å². The molecule has 0 spiro atoms. The van der Waals surface area contributed by atoms with Crippen LogP contribution in [-0.4, -0.2) is 58.1 Å². The van der Waals surface area contributed by atoms with Crippen LogP contribution in [0.15, 0.2) is 52.1 Å². The van der Waals surface area contributed by atoms with E-state index in [0.717, 1.165) is 50.0 Å². The van der Waals surface area contributed by atoms with Crippen molar-refractivity contribution in [1.29, 1.82) is 0 Å². The minimum Gasteiger partial charge on any atom is -0.607 e. The Kier molecular flexibility index (Phi) is 7.38. The second-order valence-corrected chi connectivity index (χ2v) is 13.3. The van der Waals surface area contributed by atoms with Crippen molar-refractivity contribution in [3.05, 3.63) is 74.0 Å². The van der Waals surface area contributed by atoms with Gasteiger partial charge in [0.1, 0.15) is 4.87 Å². The molecule has 1 aromatic heterocycles. The third-order valence-electron chi connectivity index (χ3n) is 7.95. The number of benzene rings is 1. The molecule has 1 fully saturated rings. The maximum Gasteiger partial charge on any atom is 0.257 e. The Morgan fingerprint density at radius 2 is 2.21 bits per heavy atom. The molecule has 1 saturated heterocycles. The molecular formula is C28H35N7O2S2. The molecule has 0 radical (unpaired) electrons. The molecule has 3 unspecified atom stereocenters. The summed E-state index contributed by atoms with van der Waals surface area (Å²) in [7, 11) is 2.10. The number of nitrogens with zero attached hydrogens (tertiary/aromatic N) is 4. The van der Waals surface area contributed by atoms with Crippen molar-refractivity contribution >= 4 is 40.4 Å². The van der Waals surface area contributed by atoms with Gasteiger partial charge in [0, 0.05) is 42.7 Å². The Bertz CT molecular complexity index is 1360. The van der Waals surface area contributed by atoms with Crippen LogP contribution in [0.2, 0.25) is 0 Å². The standard InChI is InChI=1S/C28H35N7O2S2/c1-18-14-21(9-11-29-18)28(2)32-25(17-38-28)35(37)34-12-5-8-23(34)19-6-4-7-20(15-19)26(36)31-27-30-22-10-13-33(3)16-24(22)39-27/h4,6-7,9,11,15,17-18,23,32,35H,5,8,10,12-14,16H2,1-3H3,(H,30,31,36)/t18?,23-,28?/m1/s1. The first-order chi connectivity index (χ1) is 18.8. The van der Waals surface area contributed by atoms with E-state index < -0.39 is 0 Å². The van der Waals surface area contributed by atoms with Crippen molar-refractivity contribution < 1.29 is 9.97 Å². The van der Waals surface area contributed by atoms with Crippen LogP contribution in [0.1, 0.15) is 65.6 Å². The number of thiazole rings is 1. The highest BCUT2D eigenvalue weighted by molar-refractivity contribution is 8.03. The zero-order valence-electron chi connectivity index (χ0n) is 22.6. The number of nitrogens with one attached hydrogen (secondary N) is 3. The van der Waals surface area contributed by atoms with Gasteiger partial charge in [-0.1, -0.05) is 23.9 Å². The third-order valence-corrected chi connectivity index (χ3v) is 10.1. The van der Waals surface area contributed by atoms with Crippen molar-refractivity contribution in [2.24, 2.45) is 4.99 Å². The Balaban J connectivity index is 1.14. The molecule has 4 atom stereocenters. The summed E-state index contributed by atoms with van der Waals surface area (Å²) in [4.78, 5) is 25.4. The van der Waals surface area contributed by atoms with E-state index in [4.69, 9.17) is 0 Å². The number of amides is 1. The second-order valence-electron chi connectivity index (χ2n) is 11.0. The lowest BCUT2D eigenvalue weighted by molar-refractivity contribution is -0.943. The van der Waals surface area contributed by atoms with Crippen LogP contribution < -0.4 is 15.8 Å². The van der Waals surface area contributed by atoms with Gasteiger partial charge in [-0.15, -0.1) is 16.3 Å². The molecule has 1 amide bonds. The second kappa shape index (κ2) is 10.8. The Morgan fingerprint density at radius 1 is 1.33 bits per heavy atom. The van der Waals surface area contributed by atoms with Crippen molar-refractivity contribution in [1.82, 2.24) is 20.2 Å². The summed E-state index contributed by atoms with van der Waals surface area (Å²) in [5.74, 6) is 0.468. The van der Waals surface area contributed by atoms with Crippen LogP contribution in [0.3, 0.4) is 0 Å². The highest BCUT2D eigenvalue weighted by Gasteiger charge is 2.40. The minimum absolute atomic E-state index is 0.0139. The lowest BCUT2D eigenvalue weighted by Crippen LogP contribution is -3.13. The fourth-order valence-electron chi connectivity index (χ4n) is 5.77. The number of carbonyl (C=O) groups is 1. The van der Waals surface area contributed by atoms with Gasteiger partial charge in [0.2, 0.25) is 5.82 Å². The number of hydroxylamine groups is 1. The average Bonchev–Trinajstić information content (AvgIpc) is 3.67. The highest BCUT2D eigenvalue weighted by atomic mass is 32.2. The number of hydrogen-bond acceptors (Lipinski definition) is 9. The highest BCUT2D eigenvalue weighted by Crippen LogP contribution is 2.39. The summed E-state index contributed by atoms with van der Waals surface area (Å²) < 4.78 is 0. The smallest absolute Gasteiger partial charge is 0.257 e. The van der Waals surface area contributed by atoms with Gasteiger partial charge in [0.15, 0.2) is 5.13 Å². The van der Waals surface area contributed by atoms with E-state index >= 15 is 0 Å².